The monoisotopic (exact) mass is 365 g/mol. The Morgan fingerprint density at radius 1 is 0.870 bits per heavy atom. The van der Waals surface area contributed by atoms with E-state index in [-0.39, 0.29) is 5.78 Å². The molecular formula is C20H16BrNO. The van der Waals surface area contributed by atoms with Crippen molar-refractivity contribution in [2.24, 2.45) is 0 Å². The Morgan fingerprint density at radius 3 is 2.17 bits per heavy atom. The van der Waals surface area contributed by atoms with Gasteiger partial charge in [-0.05, 0) is 44.8 Å². The van der Waals surface area contributed by atoms with Crippen LogP contribution in [0.3, 0.4) is 0 Å². The van der Waals surface area contributed by atoms with Gasteiger partial charge in [-0.25, -0.2) is 0 Å². The molecule has 0 unspecified atom stereocenters. The van der Waals surface area contributed by atoms with Gasteiger partial charge < -0.3 is 5.73 Å². The summed E-state index contributed by atoms with van der Waals surface area (Å²) in [5, 5.41) is 0. The van der Waals surface area contributed by atoms with Gasteiger partial charge in [0.2, 0.25) is 0 Å². The summed E-state index contributed by atoms with van der Waals surface area (Å²) < 4.78 is 0.807. The van der Waals surface area contributed by atoms with Crippen molar-refractivity contribution in [3.05, 3.63) is 88.4 Å². The Balaban J connectivity index is 1.75. The Bertz CT molecular complexity index is 826. The molecule has 0 bridgehead atoms. The lowest BCUT2D eigenvalue weighted by Crippen LogP contribution is -2.04. The lowest BCUT2D eigenvalue weighted by atomic mass is 9.99. The normalized spacial score (nSPS) is 10.5. The lowest BCUT2D eigenvalue weighted by molar-refractivity contribution is 0.0993. The van der Waals surface area contributed by atoms with Gasteiger partial charge in [-0.15, -0.1) is 0 Å². The summed E-state index contributed by atoms with van der Waals surface area (Å²) in [6.07, 6.45) is 0.371. The molecule has 0 saturated carbocycles. The number of hydrogen-bond donors (Lipinski definition) is 1. The van der Waals surface area contributed by atoms with E-state index >= 15 is 0 Å². The zero-order valence-corrected chi connectivity index (χ0v) is 14.1. The number of benzene rings is 3. The highest BCUT2D eigenvalue weighted by Crippen LogP contribution is 2.22. The maximum absolute atomic E-state index is 12.4. The topological polar surface area (TPSA) is 43.1 Å². The molecular weight excluding hydrogens is 350 g/mol. The summed E-state index contributed by atoms with van der Waals surface area (Å²) in [6, 6.07) is 23.6. The lowest BCUT2D eigenvalue weighted by Gasteiger charge is -2.06. The fraction of sp³-hybridized carbons (Fsp3) is 0.0500. The molecule has 2 N–H and O–H groups in total. The maximum Gasteiger partial charge on any atom is 0.167 e. The standard InChI is InChI=1S/C20H16BrNO/c21-18-11-10-17(13-19(18)22)20(23)12-14-6-8-16(9-7-14)15-4-2-1-3-5-15/h1-11,13H,12,22H2. The third-order valence-corrected chi connectivity index (χ3v) is 4.47. The number of carbonyl (C=O) groups excluding carboxylic acids is 1. The molecule has 0 saturated heterocycles. The summed E-state index contributed by atoms with van der Waals surface area (Å²) in [6.45, 7) is 0. The number of ketones is 1. The Kier molecular flexibility index (Phi) is 4.58. The zero-order chi connectivity index (χ0) is 16.2. The smallest absolute Gasteiger partial charge is 0.167 e. The number of hydrogen-bond acceptors (Lipinski definition) is 2. The molecule has 3 heteroatoms. The third-order valence-electron chi connectivity index (χ3n) is 3.74. The average Bonchev–Trinajstić information content (AvgIpc) is 2.59. The molecule has 0 aliphatic carbocycles. The average molecular weight is 366 g/mol. The predicted molar refractivity (Wildman–Crippen MR) is 98.5 cm³/mol. The Labute approximate surface area is 144 Å². The molecule has 3 aromatic carbocycles. The number of carbonyl (C=O) groups is 1. The molecule has 23 heavy (non-hydrogen) atoms. The first-order chi connectivity index (χ1) is 11.1. The number of Topliss-reactive ketones (excluding diaryl/α,β-unsaturated/α-hetero) is 1. The quantitative estimate of drug-likeness (QED) is 0.514. The van der Waals surface area contributed by atoms with E-state index < -0.39 is 0 Å². The molecule has 0 aromatic heterocycles. The number of halogens is 1. The molecule has 2 nitrogen and oxygen atoms in total. The zero-order valence-electron chi connectivity index (χ0n) is 12.5. The summed E-state index contributed by atoms with van der Waals surface area (Å²) in [7, 11) is 0. The van der Waals surface area contributed by atoms with Crippen molar-refractivity contribution in [2.45, 2.75) is 6.42 Å². The fourth-order valence-corrected chi connectivity index (χ4v) is 2.70. The second-order valence-corrected chi connectivity index (χ2v) is 6.25. The van der Waals surface area contributed by atoms with Crippen LogP contribution in [0.1, 0.15) is 15.9 Å². The van der Waals surface area contributed by atoms with Gasteiger partial charge in [0.1, 0.15) is 0 Å². The van der Waals surface area contributed by atoms with Crippen LogP contribution in [0, 0.1) is 0 Å². The highest BCUT2D eigenvalue weighted by atomic mass is 79.9. The first-order valence-corrected chi connectivity index (χ1v) is 8.15. The van der Waals surface area contributed by atoms with E-state index in [9.17, 15) is 4.79 Å². The summed E-state index contributed by atoms with van der Waals surface area (Å²) >= 11 is 3.34. The highest BCUT2D eigenvalue weighted by Gasteiger charge is 2.09. The van der Waals surface area contributed by atoms with Crippen molar-refractivity contribution in [1.82, 2.24) is 0 Å². The molecule has 0 fully saturated rings. The minimum absolute atomic E-state index is 0.0664. The molecule has 114 valence electrons. The first kappa shape index (κ1) is 15.5. The van der Waals surface area contributed by atoms with Gasteiger partial charge in [-0.2, -0.15) is 0 Å². The highest BCUT2D eigenvalue weighted by molar-refractivity contribution is 9.10. The van der Waals surface area contributed by atoms with Crippen molar-refractivity contribution < 1.29 is 4.79 Å². The maximum atomic E-state index is 12.4. The number of nitrogen functional groups attached to an aromatic ring is 1. The van der Waals surface area contributed by atoms with Crippen LogP contribution in [-0.2, 0) is 6.42 Å². The molecule has 0 spiro atoms. The van der Waals surface area contributed by atoms with Crippen molar-refractivity contribution in [2.75, 3.05) is 5.73 Å². The largest absolute Gasteiger partial charge is 0.398 e. The fourth-order valence-electron chi connectivity index (χ4n) is 2.45. The van der Waals surface area contributed by atoms with Crippen molar-refractivity contribution >= 4 is 27.4 Å². The second-order valence-electron chi connectivity index (χ2n) is 5.40. The van der Waals surface area contributed by atoms with Gasteiger partial charge in [0.25, 0.3) is 0 Å². The van der Waals surface area contributed by atoms with E-state index in [0.717, 1.165) is 15.6 Å². The molecule has 0 radical (unpaired) electrons. The minimum atomic E-state index is 0.0664. The van der Waals surface area contributed by atoms with Gasteiger partial charge in [-0.3, -0.25) is 4.79 Å². The van der Waals surface area contributed by atoms with Gasteiger partial charge in [-0.1, -0.05) is 60.7 Å². The van der Waals surface area contributed by atoms with Crippen molar-refractivity contribution in [3.8, 4) is 11.1 Å². The van der Waals surface area contributed by atoms with E-state index in [1.807, 2.05) is 42.5 Å². The van der Waals surface area contributed by atoms with Crippen LogP contribution in [0.25, 0.3) is 11.1 Å². The van der Waals surface area contributed by atoms with Crippen molar-refractivity contribution in [3.63, 3.8) is 0 Å². The molecule has 0 aliphatic heterocycles. The van der Waals surface area contributed by atoms with Crippen LogP contribution in [0.5, 0.6) is 0 Å². The van der Waals surface area contributed by atoms with Crippen LogP contribution in [0.2, 0.25) is 0 Å². The van der Waals surface area contributed by atoms with Crippen LogP contribution in [0.4, 0.5) is 5.69 Å². The van der Waals surface area contributed by atoms with Crippen LogP contribution in [0.15, 0.2) is 77.3 Å². The van der Waals surface area contributed by atoms with E-state index in [2.05, 4.69) is 28.1 Å². The van der Waals surface area contributed by atoms with Gasteiger partial charge >= 0.3 is 0 Å². The van der Waals surface area contributed by atoms with E-state index in [0.29, 0.717) is 17.7 Å². The van der Waals surface area contributed by atoms with Gasteiger partial charge in [0.15, 0.2) is 5.78 Å². The Morgan fingerprint density at radius 2 is 1.52 bits per heavy atom. The minimum Gasteiger partial charge on any atom is -0.398 e. The van der Waals surface area contributed by atoms with Crippen LogP contribution >= 0.6 is 15.9 Å². The summed E-state index contributed by atoms with van der Waals surface area (Å²) in [5.74, 6) is 0.0664. The summed E-state index contributed by atoms with van der Waals surface area (Å²) in [4.78, 5) is 12.4. The predicted octanol–water partition coefficient (Wildman–Crippen LogP) is 5.12. The second kappa shape index (κ2) is 6.80. The molecule has 0 heterocycles. The molecule has 3 aromatic rings. The van der Waals surface area contributed by atoms with E-state index in [4.69, 9.17) is 5.73 Å². The SMILES string of the molecule is Nc1cc(C(=O)Cc2ccc(-c3ccccc3)cc2)ccc1Br. The molecule has 0 amide bonds. The molecule has 0 atom stereocenters. The van der Waals surface area contributed by atoms with E-state index in [1.165, 1.54) is 5.56 Å². The summed E-state index contributed by atoms with van der Waals surface area (Å²) in [5.41, 5.74) is 10.4. The molecule has 0 aliphatic rings. The first-order valence-electron chi connectivity index (χ1n) is 7.36. The van der Waals surface area contributed by atoms with Crippen LogP contribution < -0.4 is 5.73 Å². The van der Waals surface area contributed by atoms with Crippen molar-refractivity contribution in [1.29, 1.82) is 0 Å². The number of rotatable bonds is 4. The Hall–Kier alpha value is -2.39. The number of anilines is 1. The van der Waals surface area contributed by atoms with Gasteiger partial charge in [0, 0.05) is 22.1 Å². The number of nitrogens with two attached hydrogens (primary N) is 1. The van der Waals surface area contributed by atoms with Gasteiger partial charge in [0.05, 0.1) is 0 Å². The third kappa shape index (κ3) is 3.69. The van der Waals surface area contributed by atoms with Crippen LogP contribution in [-0.4, -0.2) is 5.78 Å². The van der Waals surface area contributed by atoms with E-state index in [1.54, 1.807) is 18.2 Å². The molecule has 3 rings (SSSR count).